The van der Waals surface area contributed by atoms with Crippen molar-refractivity contribution in [3.05, 3.63) is 79.1 Å². The number of hydrogen-bond donors (Lipinski definition) is 0. The third-order valence-corrected chi connectivity index (χ3v) is 6.42. The number of halogens is 2. The van der Waals surface area contributed by atoms with E-state index in [4.69, 9.17) is 15.0 Å². The first kappa shape index (κ1) is 22.8. The molecule has 1 aliphatic carbocycles. The maximum atomic E-state index is 4.90. The zero-order valence-electron chi connectivity index (χ0n) is 18.3. The molecule has 0 aliphatic heterocycles. The lowest BCUT2D eigenvalue weighted by atomic mass is 9.96. The van der Waals surface area contributed by atoms with Crippen molar-refractivity contribution in [3.63, 3.8) is 0 Å². The van der Waals surface area contributed by atoms with Crippen LogP contribution in [0.4, 0.5) is 5.69 Å². The molecule has 0 radical (unpaired) electrons. The lowest BCUT2D eigenvalue weighted by Crippen LogP contribution is -2.07. The van der Waals surface area contributed by atoms with Crippen LogP contribution < -0.4 is 0 Å². The Morgan fingerprint density at radius 1 is 1.00 bits per heavy atom. The highest BCUT2D eigenvalue weighted by molar-refractivity contribution is 9.11. The molecule has 1 aromatic carbocycles. The van der Waals surface area contributed by atoms with E-state index in [1.165, 1.54) is 11.1 Å². The molecular weight excluding hydrogens is 502 g/mol. The fourth-order valence-corrected chi connectivity index (χ4v) is 5.32. The molecule has 0 saturated carbocycles. The minimum absolute atomic E-state index is 0.531. The van der Waals surface area contributed by atoms with Gasteiger partial charge in [-0.15, -0.1) is 0 Å². The topological polar surface area (TPSA) is 37.6 Å². The molecule has 0 bridgehead atoms. The van der Waals surface area contributed by atoms with E-state index in [-0.39, 0.29) is 0 Å². The first-order valence-electron chi connectivity index (χ1n) is 10.1. The molecule has 3 rings (SSSR count). The maximum Gasteiger partial charge on any atom is 0.0849 e. The summed E-state index contributed by atoms with van der Waals surface area (Å²) in [6, 6.07) is 10.2. The highest BCUT2D eigenvalue weighted by Crippen LogP contribution is 2.33. The van der Waals surface area contributed by atoms with Crippen LogP contribution in [0.1, 0.15) is 56.6 Å². The van der Waals surface area contributed by atoms with Crippen LogP contribution in [0.3, 0.4) is 0 Å². The molecule has 0 N–H and O–H groups in total. The Kier molecular flexibility index (Phi) is 7.25. The van der Waals surface area contributed by atoms with E-state index in [1.807, 2.05) is 32.0 Å². The van der Waals surface area contributed by atoms with E-state index in [0.29, 0.717) is 5.92 Å². The van der Waals surface area contributed by atoms with E-state index >= 15 is 0 Å². The van der Waals surface area contributed by atoms with Crippen molar-refractivity contribution in [2.45, 2.75) is 48.0 Å². The van der Waals surface area contributed by atoms with Crippen molar-refractivity contribution in [1.82, 2.24) is 4.98 Å². The van der Waals surface area contributed by atoms with E-state index in [2.05, 4.69) is 77.8 Å². The molecule has 1 aromatic heterocycles. The molecule has 5 heteroatoms. The van der Waals surface area contributed by atoms with Crippen LogP contribution in [0.25, 0.3) is 0 Å². The van der Waals surface area contributed by atoms with Gasteiger partial charge < -0.3 is 0 Å². The average Bonchev–Trinajstić information content (AvgIpc) is 2.67. The molecule has 30 heavy (non-hydrogen) atoms. The highest BCUT2D eigenvalue weighted by atomic mass is 79.9. The predicted octanol–water partition coefficient (Wildman–Crippen LogP) is 8.00. The second-order valence-electron chi connectivity index (χ2n) is 8.00. The fourth-order valence-electron chi connectivity index (χ4n) is 3.64. The number of aliphatic imine (C=N–C) groups is 2. The number of hydrogen-bond acceptors (Lipinski definition) is 3. The summed E-state index contributed by atoms with van der Waals surface area (Å²) in [5.74, 6) is 0.531. The molecule has 0 spiro atoms. The van der Waals surface area contributed by atoms with Gasteiger partial charge in [0, 0.05) is 8.96 Å². The van der Waals surface area contributed by atoms with Crippen LogP contribution >= 0.6 is 31.9 Å². The summed E-state index contributed by atoms with van der Waals surface area (Å²) in [6.07, 6.45) is 3.26. The number of rotatable bonds is 4. The van der Waals surface area contributed by atoms with Crippen molar-refractivity contribution in [3.8, 4) is 0 Å². The SMILES string of the molecule is CC1=CC(C)CC(Br)=C1N=C(C)c1cccc(C(C)=Nc2c(C)cc(C)cc2Br)n1. The molecule has 2 aromatic rings. The van der Waals surface area contributed by atoms with Crippen molar-refractivity contribution < 1.29 is 0 Å². The van der Waals surface area contributed by atoms with Gasteiger partial charge in [-0.2, -0.15) is 0 Å². The summed E-state index contributed by atoms with van der Waals surface area (Å²) in [6.45, 7) is 12.5. The monoisotopic (exact) mass is 527 g/mol. The Labute approximate surface area is 196 Å². The molecule has 0 saturated heterocycles. The summed E-state index contributed by atoms with van der Waals surface area (Å²) >= 11 is 7.36. The highest BCUT2D eigenvalue weighted by Gasteiger charge is 2.16. The van der Waals surface area contributed by atoms with Crippen LogP contribution in [-0.2, 0) is 0 Å². The van der Waals surface area contributed by atoms with Crippen LogP contribution in [0, 0.1) is 19.8 Å². The Bertz CT molecular complexity index is 1080. The van der Waals surface area contributed by atoms with Gasteiger partial charge in [0.1, 0.15) is 0 Å². The molecule has 0 amide bonds. The summed E-state index contributed by atoms with van der Waals surface area (Å²) in [4.78, 5) is 14.6. The van der Waals surface area contributed by atoms with E-state index < -0.39 is 0 Å². The van der Waals surface area contributed by atoms with Crippen molar-refractivity contribution in [1.29, 1.82) is 0 Å². The van der Waals surface area contributed by atoms with E-state index in [0.717, 1.165) is 55.1 Å². The van der Waals surface area contributed by atoms with Gasteiger partial charge in [-0.1, -0.05) is 41.1 Å². The number of allylic oxidation sites excluding steroid dienone is 3. The van der Waals surface area contributed by atoms with Crippen molar-refractivity contribution >= 4 is 49.0 Å². The Balaban J connectivity index is 1.95. The average molecular weight is 529 g/mol. The molecule has 0 fully saturated rings. The maximum absolute atomic E-state index is 4.90. The van der Waals surface area contributed by atoms with Crippen molar-refractivity contribution in [2.24, 2.45) is 15.9 Å². The third-order valence-electron chi connectivity index (χ3n) is 5.11. The molecule has 1 atom stereocenters. The summed E-state index contributed by atoms with van der Waals surface area (Å²) in [7, 11) is 0. The minimum Gasteiger partial charge on any atom is -0.250 e. The fraction of sp³-hybridized carbons (Fsp3) is 0.320. The zero-order valence-corrected chi connectivity index (χ0v) is 21.5. The Hall–Kier alpha value is -1.85. The molecule has 156 valence electrons. The number of aromatic nitrogens is 1. The number of benzene rings is 1. The number of nitrogens with zero attached hydrogens (tertiary/aromatic N) is 3. The van der Waals surface area contributed by atoms with Crippen LogP contribution in [0.2, 0.25) is 0 Å². The quantitative estimate of drug-likeness (QED) is 0.370. The van der Waals surface area contributed by atoms with Gasteiger partial charge >= 0.3 is 0 Å². The van der Waals surface area contributed by atoms with Gasteiger partial charge in [0.05, 0.1) is 34.2 Å². The first-order chi connectivity index (χ1) is 14.2. The van der Waals surface area contributed by atoms with Gasteiger partial charge in [-0.05, 0) is 97.8 Å². The third kappa shape index (κ3) is 5.25. The normalized spacial score (nSPS) is 18.0. The van der Waals surface area contributed by atoms with Crippen LogP contribution in [0.5, 0.6) is 0 Å². The lowest BCUT2D eigenvalue weighted by molar-refractivity contribution is 0.715. The minimum atomic E-state index is 0.531. The van der Waals surface area contributed by atoms with Crippen LogP contribution in [-0.4, -0.2) is 16.4 Å². The molecule has 1 unspecified atom stereocenters. The van der Waals surface area contributed by atoms with Gasteiger partial charge in [0.2, 0.25) is 0 Å². The molecule has 1 aliphatic rings. The molecule has 1 heterocycles. The summed E-state index contributed by atoms with van der Waals surface area (Å²) in [5, 5.41) is 0. The van der Waals surface area contributed by atoms with E-state index in [9.17, 15) is 0 Å². The zero-order chi connectivity index (χ0) is 22.0. The first-order valence-corrected chi connectivity index (χ1v) is 11.7. The van der Waals surface area contributed by atoms with Gasteiger partial charge in [-0.3, -0.25) is 9.98 Å². The van der Waals surface area contributed by atoms with Gasteiger partial charge in [0.25, 0.3) is 0 Å². The largest absolute Gasteiger partial charge is 0.250 e. The smallest absolute Gasteiger partial charge is 0.0849 e. The summed E-state index contributed by atoms with van der Waals surface area (Å²) < 4.78 is 2.15. The van der Waals surface area contributed by atoms with Gasteiger partial charge in [-0.25, -0.2) is 4.98 Å². The number of aryl methyl sites for hydroxylation is 2. The standard InChI is InChI=1S/C25H27Br2N3/c1-14-10-16(3)24(20(26)12-14)28-18(5)22-8-7-9-23(30-22)19(6)29-25-17(4)11-15(2)13-21(25)27/h7-12,15H,13H2,1-6H3. The Morgan fingerprint density at radius 3 is 2.23 bits per heavy atom. The molecular formula is C25H27Br2N3. The Morgan fingerprint density at radius 2 is 1.63 bits per heavy atom. The van der Waals surface area contributed by atoms with Gasteiger partial charge in [0.15, 0.2) is 0 Å². The predicted molar refractivity (Wildman–Crippen MR) is 135 cm³/mol. The second-order valence-corrected chi connectivity index (χ2v) is 9.81. The number of pyridine rings is 1. The van der Waals surface area contributed by atoms with Crippen molar-refractivity contribution in [2.75, 3.05) is 0 Å². The lowest BCUT2D eigenvalue weighted by Gasteiger charge is -2.18. The van der Waals surface area contributed by atoms with E-state index in [1.54, 1.807) is 0 Å². The summed E-state index contributed by atoms with van der Waals surface area (Å²) in [5.41, 5.74) is 9.00. The molecule has 3 nitrogen and oxygen atoms in total. The van der Waals surface area contributed by atoms with Crippen LogP contribution in [0.15, 0.2) is 66.6 Å². The second kappa shape index (κ2) is 9.52.